The summed E-state index contributed by atoms with van der Waals surface area (Å²) in [6.45, 7) is 13.4. The van der Waals surface area contributed by atoms with E-state index in [9.17, 15) is 9.90 Å². The first-order chi connectivity index (χ1) is 17.7. The number of carbonyl (C=O) groups excluding carboxylic acids is 1. The Morgan fingerprint density at radius 1 is 1.00 bits per heavy atom. The van der Waals surface area contributed by atoms with E-state index in [2.05, 4.69) is 84.0 Å². The van der Waals surface area contributed by atoms with Crippen molar-refractivity contribution in [2.24, 2.45) is 0 Å². The van der Waals surface area contributed by atoms with Crippen LogP contribution in [-0.4, -0.2) is 29.4 Å². The first kappa shape index (κ1) is 29.0. The van der Waals surface area contributed by atoms with E-state index in [1.807, 2.05) is 6.08 Å². The zero-order valence-electron chi connectivity index (χ0n) is 23.7. The number of aliphatic hydroxyl groups is 1. The molecule has 1 aliphatic rings. The largest absolute Gasteiger partial charge is 0.489 e. The third kappa shape index (κ3) is 6.84. The second-order valence-corrected chi connectivity index (χ2v) is 10.7. The van der Waals surface area contributed by atoms with Gasteiger partial charge in [-0.25, -0.2) is 0 Å². The molecule has 1 N–H and O–H groups in total. The molecule has 1 unspecified atom stereocenters. The summed E-state index contributed by atoms with van der Waals surface area (Å²) in [5.41, 5.74) is 5.24. The number of aryl methyl sites for hydroxylation is 2. The highest BCUT2D eigenvalue weighted by Crippen LogP contribution is 2.41. The fourth-order valence-electron chi connectivity index (χ4n) is 5.49. The molecule has 2 aromatic carbocycles. The Balaban J connectivity index is 1.83. The van der Waals surface area contributed by atoms with Crippen LogP contribution in [0.2, 0.25) is 0 Å². The van der Waals surface area contributed by atoms with Crippen LogP contribution in [0.25, 0.3) is 6.08 Å². The molecule has 0 radical (unpaired) electrons. The van der Waals surface area contributed by atoms with Crippen molar-refractivity contribution in [3.05, 3.63) is 70.3 Å². The van der Waals surface area contributed by atoms with E-state index in [0.29, 0.717) is 13.0 Å². The van der Waals surface area contributed by atoms with Gasteiger partial charge in [0.25, 0.3) is 0 Å². The second-order valence-electron chi connectivity index (χ2n) is 10.7. The van der Waals surface area contributed by atoms with Crippen LogP contribution < -0.4 is 4.74 Å². The smallest absolute Gasteiger partial charge is 0.306 e. The normalized spacial score (nSPS) is 17.7. The van der Waals surface area contributed by atoms with Gasteiger partial charge in [-0.1, -0.05) is 83.0 Å². The maximum Gasteiger partial charge on any atom is 0.306 e. The summed E-state index contributed by atoms with van der Waals surface area (Å²) < 4.78 is 11.3. The van der Waals surface area contributed by atoms with Crippen molar-refractivity contribution in [3.63, 3.8) is 0 Å². The van der Waals surface area contributed by atoms with Crippen LogP contribution in [0.5, 0.6) is 5.75 Å². The number of unbranched alkanes of at least 4 members (excludes halogenated alkanes) is 1. The third-order valence-corrected chi connectivity index (χ3v) is 8.30. The summed E-state index contributed by atoms with van der Waals surface area (Å²) in [6.07, 6.45) is 10.8. The highest BCUT2D eigenvalue weighted by molar-refractivity contribution is 5.71. The lowest BCUT2D eigenvalue weighted by atomic mass is 9.70. The van der Waals surface area contributed by atoms with Crippen LogP contribution in [0.4, 0.5) is 0 Å². The van der Waals surface area contributed by atoms with Crippen molar-refractivity contribution in [1.29, 1.82) is 0 Å². The van der Waals surface area contributed by atoms with Crippen LogP contribution >= 0.6 is 0 Å². The maximum atomic E-state index is 11.4. The van der Waals surface area contributed by atoms with Gasteiger partial charge in [0, 0.05) is 11.8 Å². The average Bonchev–Trinajstić information content (AvgIpc) is 3.32. The highest BCUT2D eigenvalue weighted by Gasteiger charge is 2.32. The molecule has 1 saturated heterocycles. The van der Waals surface area contributed by atoms with Gasteiger partial charge in [0.15, 0.2) is 0 Å². The van der Waals surface area contributed by atoms with Gasteiger partial charge in [0.2, 0.25) is 0 Å². The van der Waals surface area contributed by atoms with E-state index >= 15 is 0 Å². The molecule has 0 aromatic heterocycles. The van der Waals surface area contributed by atoms with Crippen molar-refractivity contribution in [2.75, 3.05) is 6.61 Å². The Hall–Kier alpha value is -2.59. The molecule has 0 amide bonds. The fraction of sp³-hybridized carbons (Fsp3) is 0.545. The molecule has 0 saturated carbocycles. The molecule has 2 atom stereocenters. The van der Waals surface area contributed by atoms with Gasteiger partial charge in [-0.05, 0) is 79.8 Å². The number of rotatable bonds is 13. The van der Waals surface area contributed by atoms with Crippen molar-refractivity contribution in [1.82, 2.24) is 0 Å². The summed E-state index contributed by atoms with van der Waals surface area (Å²) in [6, 6.07) is 13.3. The van der Waals surface area contributed by atoms with E-state index in [1.165, 1.54) is 16.7 Å². The lowest BCUT2D eigenvalue weighted by Gasteiger charge is -2.34. The number of hydrogen-bond acceptors (Lipinski definition) is 4. The van der Waals surface area contributed by atoms with Gasteiger partial charge >= 0.3 is 5.97 Å². The average molecular weight is 507 g/mol. The molecule has 202 valence electrons. The predicted octanol–water partition coefficient (Wildman–Crippen LogP) is 7.84. The van der Waals surface area contributed by atoms with Crippen molar-refractivity contribution >= 4 is 12.0 Å². The molecular weight excluding hydrogens is 460 g/mol. The van der Waals surface area contributed by atoms with Gasteiger partial charge in [0.05, 0.1) is 5.60 Å². The van der Waals surface area contributed by atoms with E-state index in [-0.39, 0.29) is 17.5 Å². The van der Waals surface area contributed by atoms with Crippen molar-refractivity contribution in [3.8, 4) is 5.75 Å². The maximum absolute atomic E-state index is 11.4. The molecule has 1 heterocycles. The Morgan fingerprint density at radius 2 is 1.68 bits per heavy atom. The van der Waals surface area contributed by atoms with Gasteiger partial charge < -0.3 is 14.6 Å². The number of benzene rings is 2. The molecule has 1 aliphatic heterocycles. The SMILES string of the molecule is CCCCC(O)(C=Cc1ccc(C(CC)(CC)c2ccc(OC[C@@H]3CCC(=O)O3)c(C)c2)cc1C)CC. The summed E-state index contributed by atoms with van der Waals surface area (Å²) in [5, 5.41) is 11.0. The molecule has 0 spiro atoms. The second kappa shape index (κ2) is 12.8. The van der Waals surface area contributed by atoms with E-state index in [4.69, 9.17) is 9.47 Å². The Bertz CT molecular complexity index is 1080. The first-order valence-electron chi connectivity index (χ1n) is 14.2. The van der Waals surface area contributed by atoms with Crippen LogP contribution in [-0.2, 0) is 14.9 Å². The van der Waals surface area contributed by atoms with Crippen molar-refractivity contribution in [2.45, 2.75) is 110 Å². The van der Waals surface area contributed by atoms with Crippen LogP contribution in [0, 0.1) is 13.8 Å². The lowest BCUT2D eigenvalue weighted by molar-refractivity contribution is -0.142. The molecule has 1 fully saturated rings. The quantitative estimate of drug-likeness (QED) is 0.281. The van der Waals surface area contributed by atoms with Gasteiger partial charge in [-0.3, -0.25) is 4.79 Å². The summed E-state index contributed by atoms with van der Waals surface area (Å²) >= 11 is 0. The number of ether oxygens (including phenoxy) is 2. The Labute approximate surface area is 224 Å². The van der Waals surface area contributed by atoms with Crippen LogP contribution in [0.1, 0.15) is 107 Å². The number of carbonyl (C=O) groups is 1. The Morgan fingerprint density at radius 3 is 2.22 bits per heavy atom. The number of esters is 1. The molecule has 0 bridgehead atoms. The third-order valence-electron chi connectivity index (χ3n) is 8.30. The predicted molar refractivity (Wildman–Crippen MR) is 152 cm³/mol. The molecular formula is C33H46O4. The summed E-state index contributed by atoms with van der Waals surface area (Å²) in [5.74, 6) is 0.710. The van der Waals surface area contributed by atoms with Crippen LogP contribution in [0.15, 0.2) is 42.5 Å². The standard InChI is InChI=1S/C33H46O4/c1-7-11-19-32(35,8-2)20-18-26-12-13-27(21-24(26)5)33(9-3,10-4)28-14-16-30(25(6)22-28)36-23-29-15-17-31(34)37-29/h12-14,16,18,20-22,29,35H,7-11,15,17,19,23H2,1-6H3/t29-,32?/m0/s1. The zero-order chi connectivity index (χ0) is 27.1. The van der Waals surface area contributed by atoms with E-state index in [0.717, 1.165) is 61.8 Å². The van der Waals surface area contributed by atoms with Gasteiger partial charge in [-0.15, -0.1) is 0 Å². The molecule has 37 heavy (non-hydrogen) atoms. The van der Waals surface area contributed by atoms with Gasteiger partial charge in [0.1, 0.15) is 18.5 Å². The monoisotopic (exact) mass is 506 g/mol. The first-order valence-corrected chi connectivity index (χ1v) is 14.2. The Kier molecular flexibility index (Phi) is 10.0. The molecule has 4 nitrogen and oxygen atoms in total. The van der Waals surface area contributed by atoms with E-state index in [1.54, 1.807) is 0 Å². The molecule has 2 aromatic rings. The topological polar surface area (TPSA) is 55.8 Å². The number of cyclic esters (lactones) is 1. The van der Waals surface area contributed by atoms with Crippen molar-refractivity contribution < 1.29 is 19.4 Å². The summed E-state index contributed by atoms with van der Waals surface area (Å²) in [4.78, 5) is 11.4. The van der Waals surface area contributed by atoms with Crippen LogP contribution in [0.3, 0.4) is 0 Å². The summed E-state index contributed by atoms with van der Waals surface area (Å²) in [7, 11) is 0. The molecule has 0 aliphatic carbocycles. The van der Waals surface area contributed by atoms with Gasteiger partial charge in [-0.2, -0.15) is 0 Å². The highest BCUT2D eigenvalue weighted by atomic mass is 16.6. The molecule has 4 heteroatoms. The zero-order valence-corrected chi connectivity index (χ0v) is 23.7. The minimum atomic E-state index is -0.738. The molecule has 3 rings (SSSR count). The fourth-order valence-corrected chi connectivity index (χ4v) is 5.49. The van der Waals surface area contributed by atoms with E-state index < -0.39 is 5.60 Å². The number of hydrogen-bond donors (Lipinski definition) is 1. The minimum Gasteiger partial charge on any atom is -0.489 e. The lowest BCUT2D eigenvalue weighted by Crippen LogP contribution is -2.26. The minimum absolute atomic E-state index is 0.0947.